The standard InChI is InChI=1S/C27H25BrO4/c1-17(2)4-5-19-14-23-24(29)15-26(32-27(23)16-25(19)30-3)18-6-10-21(11-7-18)31-22-12-8-20(28)9-13-22/h4,6-14,16,26H,5,15H2,1-3H3/t26-/m0/s1. The number of ether oxygens (including phenoxy) is 3. The van der Waals surface area contributed by atoms with Crippen molar-refractivity contribution in [3.63, 3.8) is 0 Å². The van der Waals surface area contributed by atoms with Crippen molar-refractivity contribution in [2.24, 2.45) is 0 Å². The Hall–Kier alpha value is -3.05. The second-order valence-electron chi connectivity index (χ2n) is 8.00. The van der Waals surface area contributed by atoms with E-state index in [0.29, 0.717) is 17.7 Å². The van der Waals surface area contributed by atoms with Gasteiger partial charge in [0.1, 0.15) is 29.1 Å². The molecule has 5 heteroatoms. The van der Waals surface area contributed by atoms with Gasteiger partial charge in [-0.05, 0) is 73.9 Å². The number of ketones is 1. The summed E-state index contributed by atoms with van der Waals surface area (Å²) in [5, 5.41) is 0. The first-order valence-corrected chi connectivity index (χ1v) is 11.3. The predicted octanol–water partition coefficient (Wildman–Crippen LogP) is 7.47. The highest BCUT2D eigenvalue weighted by atomic mass is 79.9. The Morgan fingerprint density at radius 2 is 1.72 bits per heavy atom. The summed E-state index contributed by atoms with van der Waals surface area (Å²) in [5.41, 5.74) is 3.76. The molecule has 0 aromatic heterocycles. The van der Waals surface area contributed by atoms with E-state index in [0.717, 1.165) is 39.3 Å². The SMILES string of the molecule is COc1cc2c(cc1CC=C(C)C)C(=O)C[C@@H](c1ccc(Oc3ccc(Br)cc3)cc1)O2. The minimum Gasteiger partial charge on any atom is -0.496 e. The molecular weight excluding hydrogens is 468 g/mol. The largest absolute Gasteiger partial charge is 0.496 e. The van der Waals surface area contributed by atoms with Gasteiger partial charge in [0.05, 0.1) is 19.1 Å². The molecule has 0 aliphatic carbocycles. The van der Waals surface area contributed by atoms with Crippen molar-refractivity contribution in [3.05, 3.63) is 93.5 Å². The van der Waals surface area contributed by atoms with Gasteiger partial charge in [0.15, 0.2) is 5.78 Å². The predicted molar refractivity (Wildman–Crippen MR) is 129 cm³/mol. The molecule has 0 N–H and O–H groups in total. The third-order valence-corrected chi connectivity index (χ3v) is 5.88. The normalized spacial score (nSPS) is 14.9. The van der Waals surface area contributed by atoms with Crippen LogP contribution in [0.25, 0.3) is 0 Å². The van der Waals surface area contributed by atoms with Crippen molar-refractivity contribution in [2.75, 3.05) is 7.11 Å². The zero-order valence-corrected chi connectivity index (χ0v) is 19.9. The van der Waals surface area contributed by atoms with E-state index in [2.05, 4.69) is 35.9 Å². The lowest BCUT2D eigenvalue weighted by atomic mass is 9.94. The average Bonchev–Trinajstić information content (AvgIpc) is 2.79. The minimum absolute atomic E-state index is 0.0764. The Balaban J connectivity index is 1.53. The lowest BCUT2D eigenvalue weighted by Crippen LogP contribution is -2.20. The van der Waals surface area contributed by atoms with Crippen LogP contribution in [0.4, 0.5) is 0 Å². The van der Waals surface area contributed by atoms with Gasteiger partial charge in [-0.25, -0.2) is 0 Å². The van der Waals surface area contributed by atoms with Crippen LogP contribution in [-0.4, -0.2) is 12.9 Å². The van der Waals surface area contributed by atoms with Crippen LogP contribution in [0.2, 0.25) is 0 Å². The summed E-state index contributed by atoms with van der Waals surface area (Å²) in [6, 6.07) is 19.1. The van der Waals surface area contributed by atoms with Crippen molar-refractivity contribution >= 4 is 21.7 Å². The zero-order chi connectivity index (χ0) is 22.7. The van der Waals surface area contributed by atoms with Crippen LogP contribution < -0.4 is 14.2 Å². The Labute approximate surface area is 197 Å². The molecule has 0 amide bonds. The van der Waals surface area contributed by atoms with Gasteiger partial charge in [-0.2, -0.15) is 0 Å². The number of allylic oxidation sites excluding steroid dienone is 2. The summed E-state index contributed by atoms with van der Waals surface area (Å²) in [5.74, 6) is 2.86. The minimum atomic E-state index is -0.343. The molecule has 0 radical (unpaired) electrons. The van der Waals surface area contributed by atoms with Gasteiger partial charge in [-0.15, -0.1) is 0 Å². The molecule has 0 unspecified atom stereocenters. The smallest absolute Gasteiger partial charge is 0.170 e. The van der Waals surface area contributed by atoms with Crippen LogP contribution in [0.5, 0.6) is 23.0 Å². The van der Waals surface area contributed by atoms with E-state index in [4.69, 9.17) is 14.2 Å². The maximum atomic E-state index is 12.9. The quantitative estimate of drug-likeness (QED) is 0.334. The van der Waals surface area contributed by atoms with E-state index in [-0.39, 0.29) is 11.9 Å². The lowest BCUT2D eigenvalue weighted by molar-refractivity contribution is 0.0849. The highest BCUT2D eigenvalue weighted by Gasteiger charge is 2.29. The molecule has 1 aliphatic rings. The Morgan fingerprint density at radius 3 is 2.34 bits per heavy atom. The molecule has 0 bridgehead atoms. The number of halogens is 1. The number of hydrogen-bond acceptors (Lipinski definition) is 4. The van der Waals surface area contributed by atoms with Crippen LogP contribution in [0.3, 0.4) is 0 Å². The molecule has 0 saturated heterocycles. The summed E-state index contributed by atoms with van der Waals surface area (Å²) in [6.45, 7) is 4.11. The summed E-state index contributed by atoms with van der Waals surface area (Å²) in [7, 11) is 1.64. The second kappa shape index (κ2) is 9.61. The van der Waals surface area contributed by atoms with Crippen molar-refractivity contribution in [3.8, 4) is 23.0 Å². The molecule has 32 heavy (non-hydrogen) atoms. The monoisotopic (exact) mass is 492 g/mol. The first kappa shape index (κ1) is 22.2. The van der Waals surface area contributed by atoms with Gasteiger partial charge in [0.2, 0.25) is 0 Å². The number of methoxy groups -OCH3 is 1. The van der Waals surface area contributed by atoms with Crippen LogP contribution in [0.1, 0.15) is 47.9 Å². The fourth-order valence-electron chi connectivity index (χ4n) is 3.63. The van der Waals surface area contributed by atoms with Crippen molar-refractivity contribution in [2.45, 2.75) is 32.8 Å². The van der Waals surface area contributed by atoms with Crippen LogP contribution in [-0.2, 0) is 6.42 Å². The first-order chi connectivity index (χ1) is 15.4. The second-order valence-corrected chi connectivity index (χ2v) is 8.92. The fraction of sp³-hybridized carbons (Fsp3) is 0.222. The molecule has 1 heterocycles. The van der Waals surface area contributed by atoms with E-state index >= 15 is 0 Å². The highest BCUT2D eigenvalue weighted by Crippen LogP contribution is 2.39. The van der Waals surface area contributed by atoms with Crippen molar-refractivity contribution in [1.29, 1.82) is 0 Å². The molecule has 4 rings (SSSR count). The summed E-state index contributed by atoms with van der Waals surface area (Å²) >= 11 is 3.42. The summed E-state index contributed by atoms with van der Waals surface area (Å²) in [6.07, 6.45) is 2.80. The van der Waals surface area contributed by atoms with Crippen LogP contribution >= 0.6 is 15.9 Å². The molecular formula is C27H25BrO4. The molecule has 1 aliphatic heterocycles. The van der Waals surface area contributed by atoms with Gasteiger partial charge in [0.25, 0.3) is 0 Å². The molecule has 0 spiro atoms. The third-order valence-electron chi connectivity index (χ3n) is 5.35. The average molecular weight is 493 g/mol. The van der Waals surface area contributed by atoms with Crippen molar-refractivity contribution in [1.82, 2.24) is 0 Å². The fourth-order valence-corrected chi connectivity index (χ4v) is 3.90. The number of rotatable bonds is 6. The van der Waals surface area contributed by atoms with E-state index in [1.165, 1.54) is 5.57 Å². The molecule has 0 fully saturated rings. The van der Waals surface area contributed by atoms with Crippen LogP contribution in [0, 0.1) is 0 Å². The Bertz CT molecular complexity index is 1140. The van der Waals surface area contributed by atoms with Gasteiger partial charge in [-0.3, -0.25) is 4.79 Å². The topological polar surface area (TPSA) is 44.8 Å². The molecule has 3 aromatic rings. The Kier molecular flexibility index (Phi) is 6.66. The van der Waals surface area contributed by atoms with Gasteiger partial charge in [0, 0.05) is 10.5 Å². The van der Waals surface area contributed by atoms with Gasteiger partial charge in [-0.1, -0.05) is 39.7 Å². The van der Waals surface area contributed by atoms with E-state index in [9.17, 15) is 4.79 Å². The number of hydrogen-bond donors (Lipinski definition) is 0. The van der Waals surface area contributed by atoms with Crippen LogP contribution in [0.15, 0.2) is 76.8 Å². The zero-order valence-electron chi connectivity index (χ0n) is 18.4. The Morgan fingerprint density at radius 1 is 1.06 bits per heavy atom. The molecule has 3 aromatic carbocycles. The number of carbonyl (C=O) groups is 1. The van der Waals surface area contributed by atoms with E-state index in [1.54, 1.807) is 7.11 Å². The van der Waals surface area contributed by atoms with Crippen molar-refractivity contribution < 1.29 is 19.0 Å². The number of carbonyl (C=O) groups excluding carboxylic acids is 1. The number of fused-ring (bicyclic) bond motifs is 1. The van der Waals surface area contributed by atoms with Gasteiger partial charge < -0.3 is 14.2 Å². The third kappa shape index (κ3) is 5.05. The van der Waals surface area contributed by atoms with E-state index in [1.807, 2.05) is 60.7 Å². The molecule has 4 nitrogen and oxygen atoms in total. The molecule has 164 valence electrons. The number of Topliss-reactive ketones (excluding diaryl/α,β-unsaturated/α-hetero) is 1. The molecule has 1 atom stereocenters. The highest BCUT2D eigenvalue weighted by molar-refractivity contribution is 9.10. The van der Waals surface area contributed by atoms with E-state index < -0.39 is 0 Å². The first-order valence-electron chi connectivity index (χ1n) is 10.5. The number of benzene rings is 3. The summed E-state index contributed by atoms with van der Waals surface area (Å²) in [4.78, 5) is 12.9. The lowest BCUT2D eigenvalue weighted by Gasteiger charge is -2.27. The maximum absolute atomic E-state index is 12.9. The molecule has 0 saturated carbocycles. The maximum Gasteiger partial charge on any atom is 0.170 e. The summed E-state index contributed by atoms with van der Waals surface area (Å²) < 4.78 is 18.7. The van der Waals surface area contributed by atoms with Gasteiger partial charge >= 0.3 is 0 Å².